The minimum atomic E-state index is -4.44. The van der Waals surface area contributed by atoms with E-state index in [2.05, 4.69) is 5.32 Å². The molecule has 18 heavy (non-hydrogen) atoms. The Morgan fingerprint density at radius 1 is 1.28 bits per heavy atom. The number of unbranched alkanes of at least 4 members (excludes halogenated alkanes) is 1. The monoisotopic (exact) mass is 258 g/mol. The van der Waals surface area contributed by atoms with Crippen LogP contribution in [0.3, 0.4) is 0 Å². The third kappa shape index (κ3) is 3.93. The molecule has 0 bridgehead atoms. The number of hydrogen-bond donors (Lipinski definition) is 2. The molecule has 2 N–H and O–H groups in total. The molecule has 0 aromatic heterocycles. The second-order valence-corrected chi connectivity index (χ2v) is 3.73. The maximum Gasteiger partial charge on any atom is 0.416 e. The van der Waals surface area contributed by atoms with Crippen LogP contribution in [0.1, 0.15) is 24.0 Å². The molecule has 0 aliphatic heterocycles. The van der Waals surface area contributed by atoms with Crippen molar-refractivity contribution in [1.82, 2.24) is 0 Å². The molecule has 1 aromatic rings. The molecule has 0 spiro atoms. The predicted octanol–water partition coefficient (Wildman–Crippen LogP) is 2.76. The van der Waals surface area contributed by atoms with Crippen LogP contribution >= 0.6 is 0 Å². The first-order valence-electron chi connectivity index (χ1n) is 5.45. The lowest BCUT2D eigenvalue weighted by molar-refractivity contribution is -0.137. The number of benzene rings is 1. The highest BCUT2D eigenvalue weighted by Gasteiger charge is 2.30. The zero-order valence-corrected chi connectivity index (χ0v) is 9.59. The van der Waals surface area contributed by atoms with Crippen molar-refractivity contribution < 1.29 is 18.3 Å². The summed E-state index contributed by atoms with van der Waals surface area (Å²) < 4.78 is 37.3. The van der Waals surface area contributed by atoms with Crippen molar-refractivity contribution in [3.05, 3.63) is 29.3 Å². The Morgan fingerprint density at radius 3 is 2.56 bits per heavy atom. The minimum absolute atomic E-state index is 0.0335. The van der Waals surface area contributed by atoms with Gasteiger partial charge in [-0.3, -0.25) is 0 Å². The molecule has 0 fully saturated rings. The lowest BCUT2D eigenvalue weighted by Gasteiger charge is -2.11. The highest BCUT2D eigenvalue weighted by Crippen LogP contribution is 2.31. The molecule has 1 rings (SSSR count). The van der Waals surface area contributed by atoms with Gasteiger partial charge >= 0.3 is 6.18 Å². The van der Waals surface area contributed by atoms with E-state index in [1.54, 1.807) is 6.07 Å². The molecule has 6 heteroatoms. The minimum Gasteiger partial charge on any atom is -0.396 e. The van der Waals surface area contributed by atoms with Gasteiger partial charge in [0.2, 0.25) is 0 Å². The Bertz CT molecular complexity index is 438. The summed E-state index contributed by atoms with van der Waals surface area (Å²) in [4.78, 5) is 0. The van der Waals surface area contributed by atoms with Crippen LogP contribution in [0.15, 0.2) is 18.2 Å². The Balaban J connectivity index is 2.79. The molecular formula is C12H13F3N2O. The van der Waals surface area contributed by atoms with E-state index in [9.17, 15) is 13.2 Å². The molecule has 0 atom stereocenters. The number of nitrogens with one attached hydrogen (secondary N) is 1. The molecule has 98 valence electrons. The topological polar surface area (TPSA) is 56.0 Å². The summed E-state index contributed by atoms with van der Waals surface area (Å²) in [6.07, 6.45) is -3.15. The predicted molar refractivity (Wildman–Crippen MR) is 61.0 cm³/mol. The number of nitrogens with zero attached hydrogens (tertiary/aromatic N) is 1. The third-order valence-corrected chi connectivity index (χ3v) is 2.37. The molecular weight excluding hydrogens is 245 g/mol. The number of aliphatic hydroxyl groups is 1. The molecule has 0 amide bonds. The van der Waals surface area contributed by atoms with Gasteiger partial charge in [-0.2, -0.15) is 18.4 Å². The average molecular weight is 258 g/mol. The quantitative estimate of drug-likeness (QED) is 0.798. The van der Waals surface area contributed by atoms with Crippen molar-refractivity contribution in [1.29, 1.82) is 5.26 Å². The van der Waals surface area contributed by atoms with Crippen molar-refractivity contribution in [2.75, 3.05) is 18.5 Å². The summed E-state index contributed by atoms with van der Waals surface area (Å²) in [6.45, 7) is 0.570. The number of hydrogen-bond acceptors (Lipinski definition) is 3. The van der Waals surface area contributed by atoms with Gasteiger partial charge in [-0.15, -0.1) is 0 Å². The average Bonchev–Trinajstić information content (AvgIpc) is 2.33. The van der Waals surface area contributed by atoms with Crippen LogP contribution in [0.2, 0.25) is 0 Å². The summed E-state index contributed by atoms with van der Waals surface area (Å²) >= 11 is 0. The first-order chi connectivity index (χ1) is 8.49. The van der Waals surface area contributed by atoms with Crippen LogP contribution in [0.5, 0.6) is 0 Å². The molecule has 0 aliphatic rings. The fourth-order valence-electron chi connectivity index (χ4n) is 1.43. The van der Waals surface area contributed by atoms with Crippen molar-refractivity contribution in [2.24, 2.45) is 0 Å². The van der Waals surface area contributed by atoms with Crippen molar-refractivity contribution >= 4 is 5.69 Å². The van der Waals surface area contributed by atoms with Gasteiger partial charge in [0.25, 0.3) is 0 Å². The van der Waals surface area contributed by atoms with Gasteiger partial charge in [-0.05, 0) is 31.0 Å². The van der Waals surface area contributed by atoms with E-state index in [-0.39, 0.29) is 12.2 Å². The van der Waals surface area contributed by atoms with Crippen LogP contribution in [-0.2, 0) is 6.18 Å². The standard InChI is InChI=1S/C12H13F3N2O/c13-12(14,15)10-3-4-11(9(7-10)8-16)17-5-1-2-6-18/h3-4,7,17-18H,1-2,5-6H2. The highest BCUT2D eigenvalue weighted by atomic mass is 19.4. The third-order valence-electron chi connectivity index (χ3n) is 2.37. The van der Waals surface area contributed by atoms with E-state index in [4.69, 9.17) is 10.4 Å². The molecule has 1 aromatic carbocycles. The molecule has 0 saturated carbocycles. The van der Waals surface area contributed by atoms with Crippen LogP contribution in [-0.4, -0.2) is 18.3 Å². The Kier molecular flexibility index (Phi) is 4.98. The van der Waals surface area contributed by atoms with Crippen molar-refractivity contribution in [3.8, 4) is 6.07 Å². The Morgan fingerprint density at radius 2 is 2.00 bits per heavy atom. The van der Waals surface area contributed by atoms with Crippen LogP contribution in [0.4, 0.5) is 18.9 Å². The maximum absolute atomic E-state index is 12.4. The lowest BCUT2D eigenvalue weighted by atomic mass is 10.1. The zero-order chi connectivity index (χ0) is 13.6. The van der Waals surface area contributed by atoms with E-state index >= 15 is 0 Å². The van der Waals surface area contributed by atoms with Gasteiger partial charge in [0.15, 0.2) is 0 Å². The first-order valence-corrected chi connectivity index (χ1v) is 5.45. The first kappa shape index (κ1) is 14.3. The smallest absolute Gasteiger partial charge is 0.396 e. The summed E-state index contributed by atoms with van der Waals surface area (Å²) in [6, 6.07) is 4.75. The number of aliphatic hydroxyl groups excluding tert-OH is 1. The second-order valence-electron chi connectivity index (χ2n) is 3.73. The summed E-state index contributed by atoms with van der Waals surface area (Å²) in [7, 11) is 0. The lowest BCUT2D eigenvalue weighted by Crippen LogP contribution is -2.08. The SMILES string of the molecule is N#Cc1cc(C(F)(F)F)ccc1NCCCCO. The molecule has 0 unspecified atom stereocenters. The Labute approximate surface area is 103 Å². The van der Waals surface area contributed by atoms with Gasteiger partial charge in [-0.1, -0.05) is 0 Å². The number of rotatable bonds is 5. The van der Waals surface area contributed by atoms with Crippen molar-refractivity contribution in [2.45, 2.75) is 19.0 Å². The number of anilines is 1. The molecule has 0 aliphatic carbocycles. The van der Waals surface area contributed by atoms with Gasteiger partial charge in [-0.25, -0.2) is 0 Å². The number of alkyl halides is 3. The largest absolute Gasteiger partial charge is 0.416 e. The van der Waals surface area contributed by atoms with Gasteiger partial charge in [0, 0.05) is 13.2 Å². The van der Waals surface area contributed by atoms with E-state index in [1.165, 1.54) is 6.07 Å². The number of nitriles is 1. The zero-order valence-electron chi connectivity index (χ0n) is 9.59. The fourth-order valence-corrected chi connectivity index (χ4v) is 1.43. The van der Waals surface area contributed by atoms with Crippen LogP contribution in [0, 0.1) is 11.3 Å². The van der Waals surface area contributed by atoms with E-state index in [0.29, 0.717) is 25.1 Å². The number of halogens is 3. The molecule has 0 radical (unpaired) electrons. The summed E-state index contributed by atoms with van der Waals surface area (Å²) in [5, 5.41) is 20.3. The van der Waals surface area contributed by atoms with Gasteiger partial charge in [0.05, 0.1) is 16.8 Å². The van der Waals surface area contributed by atoms with E-state index in [1.807, 2.05) is 0 Å². The van der Waals surface area contributed by atoms with Crippen LogP contribution in [0.25, 0.3) is 0 Å². The van der Waals surface area contributed by atoms with E-state index < -0.39 is 11.7 Å². The van der Waals surface area contributed by atoms with Crippen molar-refractivity contribution in [3.63, 3.8) is 0 Å². The fraction of sp³-hybridized carbons (Fsp3) is 0.417. The molecule has 0 saturated heterocycles. The highest BCUT2D eigenvalue weighted by molar-refractivity contribution is 5.58. The Hall–Kier alpha value is -1.74. The van der Waals surface area contributed by atoms with Crippen LogP contribution < -0.4 is 5.32 Å². The normalized spacial score (nSPS) is 11.1. The maximum atomic E-state index is 12.4. The molecule has 3 nitrogen and oxygen atoms in total. The van der Waals surface area contributed by atoms with E-state index in [0.717, 1.165) is 12.1 Å². The summed E-state index contributed by atoms with van der Waals surface area (Å²) in [5.74, 6) is 0. The van der Waals surface area contributed by atoms with Gasteiger partial charge in [0.1, 0.15) is 6.07 Å². The van der Waals surface area contributed by atoms with Gasteiger partial charge < -0.3 is 10.4 Å². The second kappa shape index (κ2) is 6.26. The molecule has 0 heterocycles. The summed E-state index contributed by atoms with van der Waals surface area (Å²) in [5.41, 5.74) is -0.489.